The number of hydrogen-bond donors (Lipinski definition) is 0. The molecule has 1 aliphatic rings. The third kappa shape index (κ3) is 5.23. The third-order valence-corrected chi connectivity index (χ3v) is 7.90. The number of benzene rings is 1. The molecule has 0 radical (unpaired) electrons. The number of terminal acetylenes is 1. The standard InChI is InChI=1S/C33H32ClFN6O2/c1-7-21-30(40-17-15-39(16-18-40)27(42)8-2)23-19-24(34)29(22-11-9-10-12-25(22)35)37-32(23)41(33(21)43)31-26(38(5)6)13-14-36-28(31)20(3)4/h1,8-14,19-20H,2,15-18H2,3-6H3. The number of nitrogens with zero attached hydrogens (tertiary/aromatic N) is 6. The molecule has 1 amide bonds. The summed E-state index contributed by atoms with van der Waals surface area (Å²) >= 11 is 6.83. The molecule has 1 aromatic carbocycles. The van der Waals surface area contributed by atoms with Crippen molar-refractivity contribution in [2.45, 2.75) is 19.8 Å². The lowest BCUT2D eigenvalue weighted by Crippen LogP contribution is -2.49. The van der Waals surface area contributed by atoms with Crippen LogP contribution in [-0.4, -0.2) is 65.6 Å². The Labute approximate surface area is 255 Å². The molecular formula is C33H32ClFN6O2. The molecule has 0 unspecified atom stereocenters. The van der Waals surface area contributed by atoms with Crippen LogP contribution in [0.4, 0.5) is 15.8 Å². The minimum atomic E-state index is -0.494. The van der Waals surface area contributed by atoms with Gasteiger partial charge in [-0.2, -0.15) is 0 Å². The number of hydrogen-bond acceptors (Lipinski definition) is 6. The molecule has 4 aromatic rings. The predicted molar refractivity (Wildman–Crippen MR) is 171 cm³/mol. The minimum Gasteiger partial charge on any atom is -0.376 e. The fourth-order valence-corrected chi connectivity index (χ4v) is 5.78. The highest BCUT2D eigenvalue weighted by Crippen LogP contribution is 2.39. The van der Waals surface area contributed by atoms with E-state index >= 15 is 4.39 Å². The van der Waals surface area contributed by atoms with Crippen molar-refractivity contribution in [1.82, 2.24) is 19.4 Å². The molecule has 43 heavy (non-hydrogen) atoms. The first-order valence-corrected chi connectivity index (χ1v) is 14.3. The van der Waals surface area contributed by atoms with Crippen LogP contribution >= 0.6 is 11.6 Å². The highest BCUT2D eigenvalue weighted by Gasteiger charge is 2.29. The quantitative estimate of drug-likeness (QED) is 0.223. The zero-order valence-electron chi connectivity index (χ0n) is 24.6. The Morgan fingerprint density at radius 1 is 1.16 bits per heavy atom. The van der Waals surface area contributed by atoms with Crippen molar-refractivity contribution < 1.29 is 9.18 Å². The lowest BCUT2D eigenvalue weighted by molar-refractivity contribution is -0.126. The Morgan fingerprint density at radius 3 is 2.47 bits per heavy atom. The largest absolute Gasteiger partial charge is 0.376 e. The van der Waals surface area contributed by atoms with Crippen LogP contribution in [0.5, 0.6) is 0 Å². The van der Waals surface area contributed by atoms with E-state index in [0.717, 1.165) is 5.69 Å². The summed E-state index contributed by atoms with van der Waals surface area (Å²) in [4.78, 5) is 41.9. The molecule has 1 fully saturated rings. The zero-order chi connectivity index (χ0) is 31.0. The van der Waals surface area contributed by atoms with Gasteiger partial charge in [-0.3, -0.25) is 19.1 Å². The Balaban J connectivity index is 1.91. The molecule has 8 nitrogen and oxygen atoms in total. The van der Waals surface area contributed by atoms with E-state index in [1.807, 2.05) is 43.8 Å². The summed E-state index contributed by atoms with van der Waals surface area (Å²) in [6.45, 7) is 9.25. The molecule has 0 atom stereocenters. The summed E-state index contributed by atoms with van der Waals surface area (Å²) in [7, 11) is 3.76. The number of pyridine rings is 3. The van der Waals surface area contributed by atoms with E-state index in [0.29, 0.717) is 48.6 Å². The normalized spacial score (nSPS) is 13.3. The highest BCUT2D eigenvalue weighted by atomic mass is 35.5. The SMILES string of the molecule is C#Cc1c(N2CCN(C(=O)C=C)CC2)c2cc(Cl)c(-c3ccccc3F)nc2n(-c2c(N(C)C)ccnc2C(C)C)c1=O. The monoisotopic (exact) mass is 598 g/mol. The van der Waals surface area contributed by atoms with E-state index in [9.17, 15) is 9.59 Å². The molecule has 5 rings (SSSR count). The van der Waals surface area contributed by atoms with E-state index in [-0.39, 0.29) is 39.3 Å². The Kier molecular flexibility index (Phi) is 8.25. The number of halogens is 2. The van der Waals surface area contributed by atoms with Crippen LogP contribution in [0.2, 0.25) is 5.02 Å². The number of aromatic nitrogens is 3. The topological polar surface area (TPSA) is 74.6 Å². The van der Waals surface area contributed by atoms with E-state index in [2.05, 4.69) is 17.5 Å². The molecular weight excluding hydrogens is 567 g/mol. The van der Waals surface area contributed by atoms with Gasteiger partial charge in [0.25, 0.3) is 5.56 Å². The third-order valence-electron chi connectivity index (χ3n) is 7.62. The molecule has 3 aromatic heterocycles. The molecule has 0 spiro atoms. The zero-order valence-corrected chi connectivity index (χ0v) is 25.3. The number of anilines is 2. The van der Waals surface area contributed by atoms with Crippen molar-refractivity contribution in [2.24, 2.45) is 0 Å². The van der Waals surface area contributed by atoms with Crippen molar-refractivity contribution >= 4 is 39.9 Å². The van der Waals surface area contributed by atoms with E-state index in [1.54, 1.807) is 35.4 Å². The van der Waals surface area contributed by atoms with Gasteiger partial charge in [0.2, 0.25) is 5.91 Å². The molecule has 4 heterocycles. The van der Waals surface area contributed by atoms with Crippen LogP contribution in [0.1, 0.15) is 31.0 Å². The number of fused-ring (bicyclic) bond motifs is 1. The number of carbonyl (C=O) groups is 1. The molecule has 220 valence electrons. The predicted octanol–water partition coefficient (Wildman–Crippen LogP) is 5.25. The van der Waals surface area contributed by atoms with Gasteiger partial charge in [0.15, 0.2) is 5.65 Å². The smallest absolute Gasteiger partial charge is 0.274 e. The number of carbonyl (C=O) groups excluding carboxylic acids is 1. The van der Waals surface area contributed by atoms with Crippen molar-refractivity contribution in [3.05, 3.63) is 87.7 Å². The van der Waals surface area contributed by atoms with Gasteiger partial charge in [0.1, 0.15) is 11.4 Å². The van der Waals surface area contributed by atoms with Crippen molar-refractivity contribution in [2.75, 3.05) is 50.1 Å². The second kappa shape index (κ2) is 11.9. The first-order chi connectivity index (χ1) is 20.6. The molecule has 10 heteroatoms. The molecule has 0 N–H and O–H groups in total. The van der Waals surface area contributed by atoms with Gasteiger partial charge in [-0.15, -0.1) is 6.42 Å². The van der Waals surface area contributed by atoms with Gasteiger partial charge in [-0.05, 0) is 36.3 Å². The average Bonchev–Trinajstić information content (AvgIpc) is 3.00. The fraction of sp³-hybridized carbons (Fsp3) is 0.273. The van der Waals surface area contributed by atoms with Crippen LogP contribution < -0.4 is 15.4 Å². The molecule has 1 aliphatic heterocycles. The first-order valence-electron chi connectivity index (χ1n) is 13.9. The van der Waals surface area contributed by atoms with Gasteiger partial charge in [0, 0.05) is 57.4 Å². The van der Waals surface area contributed by atoms with Crippen LogP contribution in [0.25, 0.3) is 28.0 Å². The van der Waals surface area contributed by atoms with Crippen LogP contribution in [0.15, 0.2) is 60.0 Å². The van der Waals surface area contributed by atoms with Gasteiger partial charge >= 0.3 is 0 Å². The van der Waals surface area contributed by atoms with E-state index in [4.69, 9.17) is 23.0 Å². The van der Waals surface area contributed by atoms with Gasteiger partial charge in [-0.1, -0.05) is 50.1 Å². The summed E-state index contributed by atoms with van der Waals surface area (Å²) in [5, 5.41) is 0.736. The van der Waals surface area contributed by atoms with Crippen LogP contribution in [-0.2, 0) is 4.79 Å². The lowest BCUT2D eigenvalue weighted by atomic mass is 10.0. The summed E-state index contributed by atoms with van der Waals surface area (Å²) in [6.07, 6.45) is 9.06. The Hall–Kier alpha value is -4.68. The lowest BCUT2D eigenvalue weighted by Gasteiger charge is -2.37. The molecule has 0 saturated carbocycles. The maximum Gasteiger partial charge on any atom is 0.274 e. The number of amides is 1. The van der Waals surface area contributed by atoms with Crippen LogP contribution in [0, 0.1) is 18.2 Å². The average molecular weight is 599 g/mol. The summed E-state index contributed by atoms with van der Waals surface area (Å²) in [6, 6.07) is 9.74. The van der Waals surface area contributed by atoms with Crippen molar-refractivity contribution in [1.29, 1.82) is 0 Å². The maximum atomic E-state index is 15.1. The van der Waals surface area contributed by atoms with Gasteiger partial charge in [-0.25, -0.2) is 9.37 Å². The van der Waals surface area contributed by atoms with E-state index < -0.39 is 11.4 Å². The van der Waals surface area contributed by atoms with E-state index in [1.165, 1.54) is 16.7 Å². The van der Waals surface area contributed by atoms with Crippen molar-refractivity contribution in [3.63, 3.8) is 0 Å². The summed E-state index contributed by atoms with van der Waals surface area (Å²) < 4.78 is 16.6. The Morgan fingerprint density at radius 2 is 1.86 bits per heavy atom. The Bertz CT molecular complexity index is 1830. The number of piperazine rings is 1. The molecule has 0 aliphatic carbocycles. The van der Waals surface area contributed by atoms with Gasteiger partial charge < -0.3 is 14.7 Å². The second-order valence-electron chi connectivity index (χ2n) is 10.8. The molecule has 1 saturated heterocycles. The van der Waals surface area contributed by atoms with Gasteiger partial charge in [0.05, 0.1) is 33.5 Å². The number of rotatable bonds is 6. The fourth-order valence-electron chi connectivity index (χ4n) is 5.53. The highest BCUT2D eigenvalue weighted by molar-refractivity contribution is 6.34. The summed E-state index contributed by atoms with van der Waals surface area (Å²) in [5.74, 6) is 1.93. The second-order valence-corrected chi connectivity index (χ2v) is 11.2. The summed E-state index contributed by atoms with van der Waals surface area (Å²) in [5.41, 5.74) is 2.79. The van der Waals surface area contributed by atoms with Crippen LogP contribution in [0.3, 0.4) is 0 Å². The minimum absolute atomic E-state index is 0.0559. The molecule has 0 bridgehead atoms. The van der Waals surface area contributed by atoms with Crippen molar-refractivity contribution in [3.8, 4) is 29.3 Å². The first kappa shape index (κ1) is 29.8. The maximum absolute atomic E-state index is 15.1.